The van der Waals surface area contributed by atoms with Gasteiger partial charge in [-0.2, -0.15) is 0 Å². The summed E-state index contributed by atoms with van der Waals surface area (Å²) in [5, 5.41) is 30.2. The van der Waals surface area contributed by atoms with Crippen LogP contribution in [0.5, 0.6) is 0 Å². The molecule has 2 heterocycles. The van der Waals surface area contributed by atoms with Gasteiger partial charge in [-0.05, 0) is 61.4 Å². The normalized spacial score (nSPS) is 12.0. The summed E-state index contributed by atoms with van der Waals surface area (Å²) in [7, 11) is 0. The van der Waals surface area contributed by atoms with E-state index >= 15 is 0 Å². The van der Waals surface area contributed by atoms with Crippen LogP contribution in [0.15, 0.2) is 62.5 Å². The van der Waals surface area contributed by atoms with Crippen molar-refractivity contribution in [3.63, 3.8) is 0 Å². The molecule has 4 aromatic rings. The largest absolute Gasteiger partial charge is 0.461 e. The van der Waals surface area contributed by atoms with Gasteiger partial charge in [0.15, 0.2) is 5.84 Å². The summed E-state index contributed by atoms with van der Waals surface area (Å²) in [5.41, 5.74) is 10.3. The number of nitrogens with zero attached hydrogens (tertiary/aromatic N) is 1. The molecule has 6 N–H and O–H groups in total. The minimum absolute atomic E-state index is 0.0519. The fraction of sp³-hybridized carbons (Fsp3) is 0.182. The van der Waals surface area contributed by atoms with Crippen molar-refractivity contribution in [2.75, 3.05) is 0 Å². The highest BCUT2D eigenvalue weighted by Gasteiger charge is 2.09. The first-order valence-corrected chi connectivity index (χ1v) is 9.59. The third kappa shape index (κ3) is 3.99. The van der Waals surface area contributed by atoms with Gasteiger partial charge < -0.3 is 19.8 Å². The van der Waals surface area contributed by atoms with E-state index in [1.54, 1.807) is 18.2 Å². The molecule has 0 spiro atoms. The van der Waals surface area contributed by atoms with Crippen molar-refractivity contribution in [2.24, 2.45) is 10.9 Å². The lowest BCUT2D eigenvalue weighted by Crippen LogP contribution is -2.18. The van der Waals surface area contributed by atoms with Crippen LogP contribution in [0, 0.1) is 5.41 Å². The number of oxime groups is 1. The summed E-state index contributed by atoms with van der Waals surface area (Å²) in [6.07, 6.45) is 3.48. The second-order valence-corrected chi connectivity index (χ2v) is 7.11. The number of hydrogen-bond acceptors (Lipinski definition) is 6. The molecule has 154 valence electrons. The maximum Gasteiger partial charge on any atom is 0.170 e. The molecule has 2 aromatic heterocycles. The van der Waals surface area contributed by atoms with Gasteiger partial charge in [-0.1, -0.05) is 5.16 Å². The molecule has 2 aromatic carbocycles. The third-order valence-corrected chi connectivity index (χ3v) is 5.03. The molecule has 0 fully saturated rings. The summed E-state index contributed by atoms with van der Waals surface area (Å²) in [4.78, 5) is 0. The molecule has 0 aliphatic rings. The molecule has 0 radical (unpaired) electrons. The second kappa shape index (κ2) is 8.30. The minimum atomic E-state index is -0.0519. The number of fused-ring (bicyclic) bond motifs is 2. The van der Waals surface area contributed by atoms with Gasteiger partial charge in [-0.3, -0.25) is 16.1 Å². The lowest BCUT2D eigenvalue weighted by atomic mass is 10.1. The van der Waals surface area contributed by atoms with Crippen LogP contribution in [0.2, 0.25) is 0 Å². The van der Waals surface area contributed by atoms with E-state index in [4.69, 9.17) is 30.4 Å². The standard InChI is InChI=1S/C22H22N4O4/c23-21(25-27)13-5-7-19-15(9-13)11-17(29-19)3-1-2-4-18-12-16-10-14(22(24)26-28)6-8-20(16)30-18/h5-12,27-28H,1-4H2,(H2,23,25)(H2,24,26). The number of hydroxylamine groups is 1. The van der Waals surface area contributed by atoms with Gasteiger partial charge in [0.1, 0.15) is 28.5 Å². The van der Waals surface area contributed by atoms with Crippen LogP contribution in [0.3, 0.4) is 0 Å². The molecule has 30 heavy (non-hydrogen) atoms. The zero-order valence-corrected chi connectivity index (χ0v) is 16.2. The van der Waals surface area contributed by atoms with Gasteiger partial charge >= 0.3 is 0 Å². The SMILES string of the molecule is N=C(NO)c1ccc2oc(CCCCc3cc4cc(C(N)=NO)ccc4o3)cc2c1. The lowest BCUT2D eigenvalue weighted by molar-refractivity contribution is 0.234. The fourth-order valence-corrected chi connectivity index (χ4v) is 3.48. The zero-order chi connectivity index (χ0) is 21.1. The average molecular weight is 406 g/mol. The van der Waals surface area contributed by atoms with Crippen molar-refractivity contribution in [1.29, 1.82) is 5.41 Å². The Bertz CT molecular complexity index is 1240. The van der Waals surface area contributed by atoms with Crippen molar-refractivity contribution in [1.82, 2.24) is 5.48 Å². The number of amidine groups is 2. The molecule has 0 saturated heterocycles. The number of unbranched alkanes of at least 4 members (excludes halogenated alkanes) is 1. The van der Waals surface area contributed by atoms with Crippen molar-refractivity contribution in [2.45, 2.75) is 25.7 Å². The van der Waals surface area contributed by atoms with Crippen molar-refractivity contribution < 1.29 is 19.2 Å². The van der Waals surface area contributed by atoms with E-state index in [-0.39, 0.29) is 11.7 Å². The van der Waals surface area contributed by atoms with E-state index in [1.807, 2.05) is 35.8 Å². The Kier molecular flexibility index (Phi) is 5.40. The summed E-state index contributed by atoms with van der Waals surface area (Å²) in [5.74, 6) is 1.80. The average Bonchev–Trinajstić information content (AvgIpc) is 3.37. The van der Waals surface area contributed by atoms with Crippen LogP contribution in [0.25, 0.3) is 21.9 Å². The number of hydrogen-bond donors (Lipinski definition) is 5. The first-order valence-electron chi connectivity index (χ1n) is 9.59. The van der Waals surface area contributed by atoms with Crippen molar-refractivity contribution in [3.8, 4) is 0 Å². The van der Waals surface area contributed by atoms with Crippen LogP contribution < -0.4 is 11.2 Å². The lowest BCUT2D eigenvalue weighted by Gasteiger charge is -2.00. The zero-order valence-electron chi connectivity index (χ0n) is 16.2. The van der Waals surface area contributed by atoms with Crippen LogP contribution in [-0.2, 0) is 12.8 Å². The number of nitrogens with one attached hydrogen (secondary N) is 2. The monoisotopic (exact) mass is 406 g/mol. The number of aryl methyl sites for hydroxylation is 2. The van der Waals surface area contributed by atoms with Crippen LogP contribution >= 0.6 is 0 Å². The summed E-state index contributed by atoms with van der Waals surface area (Å²) < 4.78 is 11.7. The Morgan fingerprint density at radius 3 is 1.97 bits per heavy atom. The maximum absolute atomic E-state index is 8.87. The first kappa shape index (κ1) is 19.5. The maximum atomic E-state index is 8.87. The van der Waals surface area contributed by atoms with Gasteiger partial charge in [0.2, 0.25) is 0 Å². The molecule has 8 nitrogen and oxygen atoms in total. The van der Waals surface area contributed by atoms with E-state index < -0.39 is 0 Å². The fourth-order valence-electron chi connectivity index (χ4n) is 3.48. The molecule has 0 bridgehead atoms. The molecule has 0 atom stereocenters. The highest BCUT2D eigenvalue weighted by atomic mass is 16.5. The van der Waals surface area contributed by atoms with E-state index in [0.717, 1.165) is 59.1 Å². The van der Waals surface area contributed by atoms with Crippen molar-refractivity contribution >= 4 is 33.6 Å². The number of nitrogens with two attached hydrogens (primary N) is 1. The van der Waals surface area contributed by atoms with E-state index in [1.165, 1.54) is 0 Å². The molecule has 8 heteroatoms. The Balaban J connectivity index is 1.36. The molecule has 0 aliphatic heterocycles. The van der Waals surface area contributed by atoms with Crippen molar-refractivity contribution in [3.05, 3.63) is 71.2 Å². The second-order valence-electron chi connectivity index (χ2n) is 7.11. The summed E-state index contributed by atoms with van der Waals surface area (Å²) >= 11 is 0. The Labute approximate surface area is 172 Å². The van der Waals surface area contributed by atoms with Crippen LogP contribution in [0.1, 0.15) is 35.5 Å². The molecule has 0 saturated carbocycles. The van der Waals surface area contributed by atoms with E-state index in [2.05, 4.69) is 5.16 Å². The Hall–Kier alpha value is -3.78. The molecular formula is C22H22N4O4. The predicted octanol–water partition coefficient (Wildman–Crippen LogP) is 4.14. The molecule has 0 unspecified atom stereocenters. The van der Waals surface area contributed by atoms with Gasteiger partial charge in [0.25, 0.3) is 0 Å². The summed E-state index contributed by atoms with van der Waals surface area (Å²) in [6, 6.07) is 14.7. The molecule has 0 aliphatic carbocycles. The van der Waals surface area contributed by atoms with E-state index in [0.29, 0.717) is 11.1 Å². The number of furan rings is 2. The third-order valence-electron chi connectivity index (χ3n) is 5.03. The van der Waals surface area contributed by atoms with Gasteiger partial charge in [0, 0.05) is 34.7 Å². The Morgan fingerprint density at radius 1 is 0.900 bits per heavy atom. The highest BCUT2D eigenvalue weighted by Crippen LogP contribution is 2.24. The molecule has 0 amide bonds. The van der Waals surface area contributed by atoms with E-state index in [9.17, 15) is 0 Å². The molecule has 4 rings (SSSR count). The predicted molar refractivity (Wildman–Crippen MR) is 113 cm³/mol. The quantitative estimate of drug-likeness (QED) is 0.103. The van der Waals surface area contributed by atoms with Gasteiger partial charge in [0.05, 0.1) is 0 Å². The topological polar surface area (TPSA) is 141 Å². The minimum Gasteiger partial charge on any atom is -0.461 e. The summed E-state index contributed by atoms with van der Waals surface area (Å²) in [6.45, 7) is 0. The smallest absolute Gasteiger partial charge is 0.170 e. The van der Waals surface area contributed by atoms with Crippen LogP contribution in [-0.4, -0.2) is 22.1 Å². The van der Waals surface area contributed by atoms with Gasteiger partial charge in [-0.15, -0.1) is 0 Å². The number of benzene rings is 2. The number of rotatable bonds is 7. The molecular weight excluding hydrogens is 384 g/mol. The van der Waals surface area contributed by atoms with Crippen LogP contribution in [0.4, 0.5) is 0 Å². The highest BCUT2D eigenvalue weighted by molar-refractivity contribution is 6.00. The van der Waals surface area contributed by atoms with Gasteiger partial charge in [-0.25, -0.2) is 0 Å². The first-order chi connectivity index (χ1) is 14.6. The Morgan fingerprint density at radius 2 is 1.43 bits per heavy atom.